The second-order valence-electron chi connectivity index (χ2n) is 6.32. The van der Waals surface area contributed by atoms with Crippen LogP contribution in [0.5, 0.6) is 0 Å². The van der Waals surface area contributed by atoms with Crippen LogP contribution in [0.1, 0.15) is 59.8 Å². The minimum Gasteiger partial charge on any atom is -0.316 e. The fourth-order valence-electron chi connectivity index (χ4n) is 3.22. The quantitative estimate of drug-likeness (QED) is 0.667. The van der Waals surface area contributed by atoms with E-state index in [1.807, 2.05) is 0 Å². The van der Waals surface area contributed by atoms with Crippen molar-refractivity contribution in [1.29, 1.82) is 0 Å². The fraction of sp³-hybridized carbons (Fsp3) is 1.00. The Labute approximate surface area is 115 Å². The third-order valence-electron chi connectivity index (χ3n) is 4.72. The lowest BCUT2D eigenvalue weighted by Gasteiger charge is -2.42. The molecule has 0 aromatic heterocycles. The van der Waals surface area contributed by atoms with Gasteiger partial charge in [-0.1, -0.05) is 40.5 Å². The molecule has 0 aliphatic heterocycles. The highest BCUT2D eigenvalue weighted by Crippen LogP contribution is 2.39. The fourth-order valence-corrected chi connectivity index (χ4v) is 3.22. The molecule has 2 heteroatoms. The topological polar surface area (TPSA) is 15.3 Å². The van der Waals surface area contributed by atoms with Crippen LogP contribution in [0.2, 0.25) is 0 Å². The van der Waals surface area contributed by atoms with Crippen molar-refractivity contribution in [3.05, 3.63) is 0 Å². The van der Waals surface area contributed by atoms with E-state index in [2.05, 4.69) is 37.9 Å². The molecule has 0 atom stereocenters. The van der Waals surface area contributed by atoms with Gasteiger partial charge < -0.3 is 10.2 Å². The summed E-state index contributed by atoms with van der Waals surface area (Å²) >= 11 is 0. The van der Waals surface area contributed by atoms with E-state index >= 15 is 0 Å². The van der Waals surface area contributed by atoms with Crippen LogP contribution in [0.4, 0.5) is 0 Å². The zero-order valence-electron chi connectivity index (χ0n) is 13.1. The van der Waals surface area contributed by atoms with Crippen LogP contribution in [0.25, 0.3) is 0 Å². The van der Waals surface area contributed by atoms with E-state index in [1.54, 1.807) is 0 Å². The first-order valence-electron chi connectivity index (χ1n) is 8.09. The Kier molecular flexibility index (Phi) is 7.25. The van der Waals surface area contributed by atoms with E-state index in [0.29, 0.717) is 5.41 Å². The largest absolute Gasteiger partial charge is 0.316 e. The molecule has 0 spiro atoms. The van der Waals surface area contributed by atoms with Gasteiger partial charge in [-0.2, -0.15) is 0 Å². The summed E-state index contributed by atoms with van der Waals surface area (Å²) in [5, 5.41) is 3.69. The molecule has 1 saturated carbocycles. The van der Waals surface area contributed by atoms with Gasteiger partial charge in [0.2, 0.25) is 0 Å². The van der Waals surface area contributed by atoms with Crippen molar-refractivity contribution in [1.82, 2.24) is 10.2 Å². The van der Waals surface area contributed by atoms with Crippen LogP contribution in [0.15, 0.2) is 0 Å². The maximum atomic E-state index is 3.69. The number of rotatable bonds is 8. The predicted molar refractivity (Wildman–Crippen MR) is 81.0 cm³/mol. The van der Waals surface area contributed by atoms with E-state index in [1.165, 1.54) is 64.8 Å². The van der Waals surface area contributed by atoms with Crippen molar-refractivity contribution in [2.75, 3.05) is 32.7 Å². The Bertz CT molecular complexity index is 203. The Balaban J connectivity index is 2.55. The molecule has 1 fully saturated rings. The van der Waals surface area contributed by atoms with Gasteiger partial charge in [-0.15, -0.1) is 0 Å². The van der Waals surface area contributed by atoms with Crippen LogP contribution in [0, 0.1) is 11.3 Å². The highest BCUT2D eigenvalue weighted by molar-refractivity contribution is 4.89. The first-order chi connectivity index (χ1) is 8.65. The Morgan fingerprint density at radius 1 is 1.11 bits per heavy atom. The summed E-state index contributed by atoms with van der Waals surface area (Å²) in [5.74, 6) is 0.945. The van der Waals surface area contributed by atoms with Gasteiger partial charge >= 0.3 is 0 Å². The van der Waals surface area contributed by atoms with Gasteiger partial charge in [0.15, 0.2) is 0 Å². The normalized spacial score (nSPS) is 28.8. The van der Waals surface area contributed by atoms with Crippen molar-refractivity contribution in [2.45, 2.75) is 59.8 Å². The number of hydrogen-bond acceptors (Lipinski definition) is 2. The Morgan fingerprint density at radius 3 is 2.22 bits per heavy atom. The van der Waals surface area contributed by atoms with E-state index in [4.69, 9.17) is 0 Å². The molecule has 108 valence electrons. The Hall–Kier alpha value is -0.0800. The molecule has 0 saturated heterocycles. The third-order valence-corrected chi connectivity index (χ3v) is 4.72. The molecule has 0 radical (unpaired) electrons. The second-order valence-corrected chi connectivity index (χ2v) is 6.32. The van der Waals surface area contributed by atoms with Gasteiger partial charge in [0.05, 0.1) is 0 Å². The Morgan fingerprint density at radius 2 is 1.72 bits per heavy atom. The molecule has 1 rings (SSSR count). The smallest absolute Gasteiger partial charge is 0.00499 e. The summed E-state index contributed by atoms with van der Waals surface area (Å²) < 4.78 is 0. The first kappa shape index (κ1) is 16.0. The molecular formula is C16H34N2. The second kappa shape index (κ2) is 8.16. The summed E-state index contributed by atoms with van der Waals surface area (Å²) in [5.41, 5.74) is 0.549. The third kappa shape index (κ3) is 4.89. The van der Waals surface area contributed by atoms with E-state index in [-0.39, 0.29) is 0 Å². The average Bonchev–Trinajstić information content (AvgIpc) is 2.40. The SMILES string of the molecule is CCCNCC1(CN(CC)CC)CCC(C)CC1. The van der Waals surface area contributed by atoms with Crippen molar-refractivity contribution < 1.29 is 0 Å². The summed E-state index contributed by atoms with van der Waals surface area (Å²) in [6, 6.07) is 0. The molecule has 0 unspecified atom stereocenters. The van der Waals surface area contributed by atoms with Crippen molar-refractivity contribution >= 4 is 0 Å². The maximum absolute atomic E-state index is 3.69. The average molecular weight is 254 g/mol. The number of nitrogens with zero attached hydrogens (tertiary/aromatic N) is 1. The van der Waals surface area contributed by atoms with Gasteiger partial charge in [-0.3, -0.25) is 0 Å². The molecule has 2 nitrogen and oxygen atoms in total. The minimum atomic E-state index is 0.549. The lowest BCUT2D eigenvalue weighted by atomic mass is 9.70. The minimum absolute atomic E-state index is 0.549. The van der Waals surface area contributed by atoms with Gasteiger partial charge in [0, 0.05) is 13.1 Å². The van der Waals surface area contributed by atoms with Crippen LogP contribution in [-0.4, -0.2) is 37.6 Å². The van der Waals surface area contributed by atoms with E-state index < -0.39 is 0 Å². The van der Waals surface area contributed by atoms with E-state index in [9.17, 15) is 0 Å². The first-order valence-corrected chi connectivity index (χ1v) is 8.09. The number of hydrogen-bond donors (Lipinski definition) is 1. The van der Waals surface area contributed by atoms with Crippen LogP contribution < -0.4 is 5.32 Å². The predicted octanol–water partition coefficient (Wildman–Crippen LogP) is 3.52. The van der Waals surface area contributed by atoms with Gasteiger partial charge in [0.25, 0.3) is 0 Å². The molecule has 0 aromatic carbocycles. The summed E-state index contributed by atoms with van der Waals surface area (Å²) in [7, 11) is 0. The summed E-state index contributed by atoms with van der Waals surface area (Å²) in [6.07, 6.45) is 6.94. The van der Waals surface area contributed by atoms with Gasteiger partial charge in [-0.25, -0.2) is 0 Å². The summed E-state index contributed by atoms with van der Waals surface area (Å²) in [4.78, 5) is 2.61. The molecule has 1 aliphatic rings. The van der Waals surface area contributed by atoms with Crippen LogP contribution in [-0.2, 0) is 0 Å². The molecular weight excluding hydrogens is 220 g/mol. The summed E-state index contributed by atoms with van der Waals surface area (Å²) in [6.45, 7) is 15.4. The molecule has 0 heterocycles. The molecule has 0 aromatic rings. The lowest BCUT2D eigenvalue weighted by molar-refractivity contribution is 0.0917. The lowest BCUT2D eigenvalue weighted by Crippen LogP contribution is -2.46. The zero-order chi connectivity index (χ0) is 13.4. The van der Waals surface area contributed by atoms with Crippen molar-refractivity contribution in [3.8, 4) is 0 Å². The zero-order valence-corrected chi connectivity index (χ0v) is 13.1. The number of nitrogens with one attached hydrogen (secondary N) is 1. The molecule has 18 heavy (non-hydrogen) atoms. The molecule has 1 N–H and O–H groups in total. The standard InChI is InChI=1S/C16H34N2/c1-5-12-17-13-16(14-18(6-2)7-3)10-8-15(4)9-11-16/h15,17H,5-14H2,1-4H3. The van der Waals surface area contributed by atoms with Gasteiger partial charge in [0.1, 0.15) is 0 Å². The van der Waals surface area contributed by atoms with E-state index in [0.717, 1.165) is 5.92 Å². The van der Waals surface area contributed by atoms with Crippen LogP contribution >= 0.6 is 0 Å². The van der Waals surface area contributed by atoms with Gasteiger partial charge in [-0.05, 0) is 50.2 Å². The molecule has 1 aliphatic carbocycles. The maximum Gasteiger partial charge on any atom is 0.00499 e. The molecule has 0 amide bonds. The van der Waals surface area contributed by atoms with Crippen molar-refractivity contribution in [2.24, 2.45) is 11.3 Å². The monoisotopic (exact) mass is 254 g/mol. The van der Waals surface area contributed by atoms with Crippen molar-refractivity contribution in [3.63, 3.8) is 0 Å². The highest BCUT2D eigenvalue weighted by atomic mass is 15.1. The highest BCUT2D eigenvalue weighted by Gasteiger charge is 2.34. The molecule has 0 bridgehead atoms. The van der Waals surface area contributed by atoms with Crippen LogP contribution in [0.3, 0.4) is 0 Å².